The Morgan fingerprint density at radius 2 is 1.55 bits per heavy atom. The number of aryl methyl sites for hydroxylation is 1. The van der Waals surface area contributed by atoms with Crippen molar-refractivity contribution in [2.24, 2.45) is 0 Å². The van der Waals surface area contributed by atoms with E-state index in [1.54, 1.807) is 62.6 Å². The molecule has 2 amide bonds. The molecule has 0 fully saturated rings. The zero-order valence-corrected chi connectivity index (χ0v) is 26.7. The third-order valence-electron chi connectivity index (χ3n) is 7.40. The summed E-state index contributed by atoms with van der Waals surface area (Å²) >= 11 is 6.43. The van der Waals surface area contributed by atoms with Crippen LogP contribution in [0.2, 0.25) is 5.02 Å². The van der Waals surface area contributed by atoms with E-state index >= 15 is 0 Å². The van der Waals surface area contributed by atoms with Crippen molar-refractivity contribution < 1.29 is 22.7 Å². The first-order chi connectivity index (χ1) is 21.0. The van der Waals surface area contributed by atoms with Crippen molar-refractivity contribution in [1.29, 1.82) is 0 Å². The van der Waals surface area contributed by atoms with E-state index in [9.17, 15) is 18.0 Å². The lowest BCUT2D eigenvalue weighted by molar-refractivity contribution is -0.139. The van der Waals surface area contributed by atoms with Gasteiger partial charge in [0.2, 0.25) is 11.8 Å². The third-order valence-corrected chi connectivity index (χ3v) is 9.58. The summed E-state index contributed by atoms with van der Waals surface area (Å²) in [6, 6.07) is 27.0. The molecule has 44 heavy (non-hydrogen) atoms. The van der Waals surface area contributed by atoms with Gasteiger partial charge in [-0.05, 0) is 66.9 Å². The number of sulfonamides is 1. The molecule has 0 bridgehead atoms. The minimum atomic E-state index is -4.23. The molecule has 10 heteroatoms. The maximum Gasteiger partial charge on any atom is 0.264 e. The summed E-state index contributed by atoms with van der Waals surface area (Å²) in [5.74, 6) is -0.350. The molecule has 0 unspecified atom stereocenters. The monoisotopic (exact) mass is 633 g/mol. The van der Waals surface area contributed by atoms with E-state index in [0.717, 1.165) is 15.4 Å². The van der Waals surface area contributed by atoms with Crippen LogP contribution in [-0.4, -0.2) is 51.9 Å². The largest absolute Gasteiger partial charge is 0.497 e. The summed E-state index contributed by atoms with van der Waals surface area (Å²) in [5.41, 5.74) is 3.23. The topological polar surface area (TPSA) is 96.0 Å². The lowest BCUT2D eigenvalue weighted by Crippen LogP contribution is -2.53. The van der Waals surface area contributed by atoms with E-state index < -0.39 is 28.5 Å². The smallest absolute Gasteiger partial charge is 0.264 e. The number of carbonyl (C=O) groups excluding carboxylic acids is 2. The molecule has 0 aliphatic carbocycles. The number of methoxy groups -OCH3 is 1. The van der Waals surface area contributed by atoms with E-state index in [-0.39, 0.29) is 29.5 Å². The molecule has 0 aliphatic rings. The van der Waals surface area contributed by atoms with Crippen molar-refractivity contribution >= 4 is 39.1 Å². The minimum Gasteiger partial charge on any atom is -0.497 e. The van der Waals surface area contributed by atoms with E-state index in [1.165, 1.54) is 24.1 Å². The van der Waals surface area contributed by atoms with Gasteiger partial charge in [-0.15, -0.1) is 0 Å². The number of rotatable bonds is 12. The number of carbonyl (C=O) groups is 2. The molecular formula is C34H36ClN3O5S. The summed E-state index contributed by atoms with van der Waals surface area (Å²) in [5, 5.41) is 3.05. The fourth-order valence-electron chi connectivity index (χ4n) is 4.91. The number of anilines is 1. The molecule has 230 valence electrons. The van der Waals surface area contributed by atoms with Gasteiger partial charge in [0.1, 0.15) is 18.3 Å². The van der Waals surface area contributed by atoms with Crippen LogP contribution in [0.25, 0.3) is 0 Å². The minimum absolute atomic E-state index is 0.0294. The summed E-state index contributed by atoms with van der Waals surface area (Å²) in [7, 11) is -1.17. The predicted octanol–water partition coefficient (Wildman–Crippen LogP) is 5.55. The second-order valence-corrected chi connectivity index (χ2v) is 12.7. The van der Waals surface area contributed by atoms with E-state index in [1.807, 2.05) is 43.3 Å². The van der Waals surface area contributed by atoms with Crippen LogP contribution in [0, 0.1) is 13.8 Å². The van der Waals surface area contributed by atoms with Crippen LogP contribution in [-0.2, 0) is 32.6 Å². The van der Waals surface area contributed by atoms with Crippen LogP contribution in [0.15, 0.2) is 102 Å². The van der Waals surface area contributed by atoms with E-state index in [4.69, 9.17) is 16.3 Å². The zero-order valence-electron chi connectivity index (χ0n) is 25.2. The third kappa shape index (κ3) is 7.59. The van der Waals surface area contributed by atoms with Gasteiger partial charge < -0.3 is 15.0 Å². The average molecular weight is 634 g/mol. The Morgan fingerprint density at radius 3 is 2.20 bits per heavy atom. The van der Waals surface area contributed by atoms with Gasteiger partial charge in [-0.2, -0.15) is 0 Å². The number of halogens is 1. The highest BCUT2D eigenvalue weighted by Crippen LogP contribution is 2.31. The van der Waals surface area contributed by atoms with Gasteiger partial charge in [0, 0.05) is 25.0 Å². The Kier molecular flexibility index (Phi) is 10.7. The Bertz CT molecular complexity index is 1710. The Morgan fingerprint density at radius 1 is 0.886 bits per heavy atom. The molecule has 1 N–H and O–H groups in total. The van der Waals surface area contributed by atoms with Crippen LogP contribution >= 0.6 is 11.6 Å². The van der Waals surface area contributed by atoms with Crippen molar-refractivity contribution in [2.75, 3.05) is 25.0 Å². The van der Waals surface area contributed by atoms with Crippen molar-refractivity contribution in [3.05, 3.63) is 124 Å². The molecule has 0 spiro atoms. The Hall–Kier alpha value is -4.34. The number of nitrogens with one attached hydrogen (secondary N) is 1. The highest BCUT2D eigenvalue weighted by atomic mass is 35.5. The first-order valence-electron chi connectivity index (χ1n) is 14.1. The number of amides is 2. The summed E-state index contributed by atoms with van der Waals surface area (Å²) < 4.78 is 34.8. The molecule has 0 aromatic heterocycles. The maximum atomic E-state index is 14.4. The standard InChI is InChI=1S/C34H36ClN3O5S/c1-24-16-18-29(19-17-24)44(41,42)38(31-15-9-14-30(35)25(31)2)23-33(39)37(22-27-12-8-13-28(20-27)43-4)32(34(40)36-3)21-26-10-6-5-7-11-26/h5-20,32H,21-23H2,1-4H3,(H,36,40)/t32-/m1/s1. The van der Waals surface area contributed by atoms with Gasteiger partial charge in [-0.3, -0.25) is 13.9 Å². The summed E-state index contributed by atoms with van der Waals surface area (Å²) in [4.78, 5) is 29.3. The van der Waals surface area contributed by atoms with Crippen LogP contribution in [0.5, 0.6) is 5.75 Å². The number of likely N-dealkylation sites (N-methyl/N-ethyl adjacent to an activating group) is 1. The van der Waals surface area contributed by atoms with Gasteiger partial charge in [-0.1, -0.05) is 77.8 Å². The summed E-state index contributed by atoms with van der Waals surface area (Å²) in [6.07, 6.45) is 0.219. The molecule has 0 heterocycles. The molecule has 4 aromatic carbocycles. The SMILES string of the molecule is CNC(=O)[C@@H](Cc1ccccc1)N(Cc1cccc(OC)c1)C(=O)CN(c1cccc(Cl)c1C)S(=O)(=O)c1ccc(C)cc1. The Balaban J connectivity index is 1.82. The van der Waals surface area contributed by atoms with Crippen LogP contribution in [0.1, 0.15) is 22.3 Å². The van der Waals surface area contributed by atoms with Crippen molar-refractivity contribution in [1.82, 2.24) is 10.2 Å². The van der Waals surface area contributed by atoms with Crippen LogP contribution < -0.4 is 14.4 Å². The normalized spacial score (nSPS) is 11.8. The Labute approximate surface area is 264 Å². The number of hydrogen-bond acceptors (Lipinski definition) is 5. The molecule has 8 nitrogen and oxygen atoms in total. The van der Waals surface area contributed by atoms with E-state index in [0.29, 0.717) is 21.9 Å². The number of nitrogens with zero attached hydrogens (tertiary/aromatic N) is 2. The van der Waals surface area contributed by atoms with Crippen LogP contribution in [0.3, 0.4) is 0 Å². The fourth-order valence-corrected chi connectivity index (χ4v) is 6.55. The molecule has 0 saturated heterocycles. The second-order valence-electron chi connectivity index (χ2n) is 10.4. The molecule has 0 radical (unpaired) electrons. The highest BCUT2D eigenvalue weighted by Gasteiger charge is 2.35. The summed E-state index contributed by atoms with van der Waals surface area (Å²) in [6.45, 7) is 3.04. The molecule has 4 rings (SSSR count). The maximum absolute atomic E-state index is 14.4. The molecule has 4 aromatic rings. The van der Waals surface area contributed by atoms with Crippen molar-refractivity contribution in [3.63, 3.8) is 0 Å². The van der Waals surface area contributed by atoms with Crippen molar-refractivity contribution in [2.45, 2.75) is 37.8 Å². The molecule has 1 atom stereocenters. The quantitative estimate of drug-likeness (QED) is 0.221. The van der Waals surface area contributed by atoms with Gasteiger partial charge in [-0.25, -0.2) is 8.42 Å². The number of ether oxygens (including phenoxy) is 1. The second kappa shape index (κ2) is 14.4. The lowest BCUT2D eigenvalue weighted by atomic mass is 10.0. The first-order valence-corrected chi connectivity index (χ1v) is 15.9. The van der Waals surface area contributed by atoms with Gasteiger partial charge in [0.25, 0.3) is 10.0 Å². The number of hydrogen-bond donors (Lipinski definition) is 1. The van der Waals surface area contributed by atoms with Gasteiger partial charge in [0.05, 0.1) is 17.7 Å². The molecule has 0 saturated carbocycles. The highest BCUT2D eigenvalue weighted by molar-refractivity contribution is 7.92. The number of benzene rings is 4. The van der Waals surface area contributed by atoms with E-state index in [2.05, 4.69) is 5.32 Å². The van der Waals surface area contributed by atoms with Crippen molar-refractivity contribution in [3.8, 4) is 5.75 Å². The molecule has 0 aliphatic heterocycles. The van der Waals surface area contributed by atoms with Gasteiger partial charge >= 0.3 is 0 Å². The fraction of sp³-hybridized carbons (Fsp3) is 0.235. The first kappa shape index (κ1) is 32.6. The predicted molar refractivity (Wildman–Crippen MR) is 173 cm³/mol. The molecular weight excluding hydrogens is 598 g/mol. The lowest BCUT2D eigenvalue weighted by Gasteiger charge is -2.34. The van der Waals surface area contributed by atoms with Crippen LogP contribution in [0.4, 0.5) is 5.69 Å². The zero-order chi connectivity index (χ0) is 31.9. The average Bonchev–Trinajstić information content (AvgIpc) is 3.03. The van der Waals surface area contributed by atoms with Gasteiger partial charge in [0.15, 0.2) is 0 Å².